The van der Waals surface area contributed by atoms with E-state index in [-0.39, 0.29) is 6.10 Å². The van der Waals surface area contributed by atoms with Crippen LogP contribution in [0.1, 0.15) is 24.2 Å². The number of carbonyl (C=O) groups excluding carboxylic acids is 1. The summed E-state index contributed by atoms with van der Waals surface area (Å²) in [5.74, 6) is 0. The number of hydrogen-bond donors (Lipinski definition) is 2. The number of nitrogen functional groups attached to an aromatic ring is 1. The summed E-state index contributed by atoms with van der Waals surface area (Å²) in [5, 5.41) is 4.78. The van der Waals surface area contributed by atoms with Crippen molar-refractivity contribution in [3.63, 3.8) is 0 Å². The molecule has 1 amide bonds. The summed E-state index contributed by atoms with van der Waals surface area (Å²) >= 11 is 1.56. The third-order valence-electron chi connectivity index (χ3n) is 3.99. The third-order valence-corrected chi connectivity index (χ3v) is 4.95. The van der Waals surface area contributed by atoms with Crippen molar-refractivity contribution in [1.29, 1.82) is 0 Å². The molecule has 1 atom stereocenters. The average Bonchev–Trinajstić information content (AvgIpc) is 3.03. The fourth-order valence-corrected chi connectivity index (χ4v) is 3.53. The van der Waals surface area contributed by atoms with E-state index in [4.69, 9.17) is 10.5 Å². The second-order valence-electron chi connectivity index (χ2n) is 5.81. The van der Waals surface area contributed by atoms with Gasteiger partial charge in [0.1, 0.15) is 6.10 Å². The van der Waals surface area contributed by atoms with Gasteiger partial charge in [-0.15, -0.1) is 11.3 Å². The first-order valence-electron chi connectivity index (χ1n) is 8.01. The van der Waals surface area contributed by atoms with Gasteiger partial charge in [0.2, 0.25) is 0 Å². The van der Waals surface area contributed by atoms with Gasteiger partial charge in [0.05, 0.1) is 10.6 Å². The molecule has 1 heterocycles. The fraction of sp³-hybridized carbons (Fsp3) is 0.150. The minimum Gasteiger partial charge on any atom is -0.441 e. The van der Waals surface area contributed by atoms with Crippen molar-refractivity contribution in [2.45, 2.75) is 20.0 Å². The lowest BCUT2D eigenvalue weighted by atomic mass is 10.1. The SMILES string of the molecule is Cc1ccccc1[C@@H](C)OC(=O)Nc1ccsc1-c1ccc(N)cc1. The van der Waals surface area contributed by atoms with Crippen LogP contribution in [0.3, 0.4) is 0 Å². The monoisotopic (exact) mass is 352 g/mol. The highest BCUT2D eigenvalue weighted by atomic mass is 32.1. The second kappa shape index (κ2) is 7.40. The molecule has 25 heavy (non-hydrogen) atoms. The Kier molecular flexibility index (Phi) is 5.05. The maximum absolute atomic E-state index is 12.3. The molecule has 0 aliphatic heterocycles. The zero-order valence-corrected chi connectivity index (χ0v) is 15.0. The van der Waals surface area contributed by atoms with Crippen LogP contribution in [0.4, 0.5) is 16.2 Å². The molecule has 128 valence electrons. The number of ether oxygens (including phenoxy) is 1. The summed E-state index contributed by atoms with van der Waals surface area (Å²) < 4.78 is 5.54. The number of nitrogens with one attached hydrogen (secondary N) is 1. The standard InChI is InChI=1S/C20H20N2O2S/c1-13-5-3-4-6-17(13)14(2)24-20(23)22-18-11-12-25-19(18)15-7-9-16(21)10-8-15/h3-12,14H,21H2,1-2H3,(H,22,23)/t14-/m1/s1. The molecule has 0 unspecified atom stereocenters. The Labute approximate surface area is 151 Å². The Bertz CT molecular complexity index is 871. The highest BCUT2D eigenvalue weighted by Crippen LogP contribution is 2.34. The molecule has 3 aromatic rings. The van der Waals surface area contributed by atoms with Gasteiger partial charge < -0.3 is 10.5 Å². The van der Waals surface area contributed by atoms with Crippen LogP contribution in [-0.2, 0) is 4.74 Å². The van der Waals surface area contributed by atoms with Gasteiger partial charge in [-0.2, -0.15) is 0 Å². The molecule has 0 aliphatic rings. The number of anilines is 2. The highest BCUT2D eigenvalue weighted by molar-refractivity contribution is 7.14. The van der Waals surface area contributed by atoms with E-state index < -0.39 is 6.09 Å². The zero-order valence-electron chi connectivity index (χ0n) is 14.2. The van der Waals surface area contributed by atoms with Gasteiger partial charge in [-0.25, -0.2) is 4.79 Å². The molecule has 5 heteroatoms. The maximum atomic E-state index is 12.3. The summed E-state index contributed by atoms with van der Waals surface area (Å²) in [4.78, 5) is 13.3. The topological polar surface area (TPSA) is 64.3 Å². The summed E-state index contributed by atoms with van der Waals surface area (Å²) in [6, 6.07) is 17.3. The molecule has 0 spiro atoms. The van der Waals surface area contributed by atoms with Crippen molar-refractivity contribution < 1.29 is 9.53 Å². The Morgan fingerprint density at radius 3 is 2.56 bits per heavy atom. The van der Waals surface area contributed by atoms with E-state index >= 15 is 0 Å². The predicted molar refractivity (Wildman–Crippen MR) is 104 cm³/mol. The zero-order chi connectivity index (χ0) is 17.8. The van der Waals surface area contributed by atoms with E-state index in [0.717, 1.165) is 27.3 Å². The van der Waals surface area contributed by atoms with Gasteiger partial charge in [0.15, 0.2) is 0 Å². The van der Waals surface area contributed by atoms with Gasteiger partial charge in [-0.3, -0.25) is 5.32 Å². The largest absolute Gasteiger partial charge is 0.441 e. The number of hydrogen-bond acceptors (Lipinski definition) is 4. The quantitative estimate of drug-likeness (QED) is 0.599. The maximum Gasteiger partial charge on any atom is 0.412 e. The second-order valence-corrected chi connectivity index (χ2v) is 6.73. The molecule has 0 fully saturated rings. The molecule has 0 saturated heterocycles. The van der Waals surface area contributed by atoms with Crippen molar-refractivity contribution in [3.8, 4) is 10.4 Å². The van der Waals surface area contributed by atoms with Crippen molar-refractivity contribution in [2.75, 3.05) is 11.1 Å². The number of thiophene rings is 1. The van der Waals surface area contributed by atoms with E-state index in [2.05, 4.69) is 5.32 Å². The molecule has 4 nitrogen and oxygen atoms in total. The Morgan fingerprint density at radius 1 is 1.12 bits per heavy atom. The molecule has 3 N–H and O–H groups in total. The molecule has 0 aliphatic carbocycles. The van der Waals surface area contributed by atoms with Gasteiger partial charge in [-0.05, 0) is 54.1 Å². The van der Waals surface area contributed by atoms with E-state index in [1.54, 1.807) is 11.3 Å². The summed E-state index contributed by atoms with van der Waals surface area (Å²) in [6.45, 7) is 3.88. The lowest BCUT2D eigenvalue weighted by Crippen LogP contribution is -2.16. The van der Waals surface area contributed by atoms with Crippen LogP contribution in [0.15, 0.2) is 60.0 Å². The minimum absolute atomic E-state index is 0.320. The first-order chi connectivity index (χ1) is 12.0. The normalized spacial score (nSPS) is 11.8. The minimum atomic E-state index is -0.467. The third kappa shape index (κ3) is 4.00. The van der Waals surface area contributed by atoms with Crippen LogP contribution in [-0.4, -0.2) is 6.09 Å². The molecule has 1 aromatic heterocycles. The van der Waals surface area contributed by atoms with Crippen molar-refractivity contribution in [2.24, 2.45) is 0 Å². The Balaban J connectivity index is 1.71. The fourth-order valence-electron chi connectivity index (χ4n) is 2.67. The molecule has 0 saturated carbocycles. The predicted octanol–water partition coefficient (Wildman–Crippen LogP) is 5.62. The van der Waals surface area contributed by atoms with E-state index in [1.165, 1.54) is 0 Å². The number of aryl methyl sites for hydroxylation is 1. The van der Waals surface area contributed by atoms with Crippen LogP contribution < -0.4 is 11.1 Å². The lowest BCUT2D eigenvalue weighted by molar-refractivity contribution is 0.121. The van der Waals surface area contributed by atoms with E-state index in [9.17, 15) is 4.79 Å². The van der Waals surface area contributed by atoms with Crippen LogP contribution in [0, 0.1) is 6.92 Å². The number of rotatable bonds is 4. The smallest absolute Gasteiger partial charge is 0.412 e. The summed E-state index contributed by atoms with van der Waals surface area (Å²) in [7, 11) is 0. The summed E-state index contributed by atoms with van der Waals surface area (Å²) in [6.07, 6.45) is -0.786. The van der Waals surface area contributed by atoms with Crippen molar-refractivity contribution in [3.05, 3.63) is 71.1 Å². The molecule has 0 bridgehead atoms. The Hall–Kier alpha value is -2.79. The van der Waals surface area contributed by atoms with Gasteiger partial charge in [-0.1, -0.05) is 36.4 Å². The van der Waals surface area contributed by atoms with Gasteiger partial charge >= 0.3 is 6.09 Å². The van der Waals surface area contributed by atoms with Crippen molar-refractivity contribution >= 4 is 28.8 Å². The average molecular weight is 352 g/mol. The van der Waals surface area contributed by atoms with Crippen LogP contribution in [0.25, 0.3) is 10.4 Å². The Morgan fingerprint density at radius 2 is 1.84 bits per heavy atom. The number of benzene rings is 2. The number of amides is 1. The molecule has 0 radical (unpaired) electrons. The van der Waals surface area contributed by atoms with Gasteiger partial charge in [0, 0.05) is 5.69 Å². The van der Waals surface area contributed by atoms with E-state index in [1.807, 2.05) is 73.8 Å². The molecular formula is C20H20N2O2S. The van der Waals surface area contributed by atoms with Gasteiger partial charge in [0.25, 0.3) is 0 Å². The molecule has 2 aromatic carbocycles. The van der Waals surface area contributed by atoms with Crippen LogP contribution >= 0.6 is 11.3 Å². The summed E-state index contributed by atoms with van der Waals surface area (Å²) in [5.41, 5.74) is 10.3. The van der Waals surface area contributed by atoms with Crippen LogP contribution in [0.2, 0.25) is 0 Å². The highest BCUT2D eigenvalue weighted by Gasteiger charge is 2.15. The molecule has 3 rings (SSSR count). The number of nitrogens with two attached hydrogens (primary N) is 1. The first-order valence-corrected chi connectivity index (χ1v) is 8.89. The van der Waals surface area contributed by atoms with Crippen LogP contribution in [0.5, 0.6) is 0 Å². The van der Waals surface area contributed by atoms with E-state index in [0.29, 0.717) is 5.69 Å². The number of carbonyl (C=O) groups is 1. The van der Waals surface area contributed by atoms with Crippen molar-refractivity contribution in [1.82, 2.24) is 0 Å². The first kappa shape index (κ1) is 17.0. The lowest BCUT2D eigenvalue weighted by Gasteiger charge is -2.16. The molecular weight excluding hydrogens is 332 g/mol.